The van der Waals surface area contributed by atoms with Gasteiger partial charge in [-0.2, -0.15) is 0 Å². The van der Waals surface area contributed by atoms with Crippen molar-refractivity contribution in [2.45, 2.75) is 25.5 Å². The van der Waals surface area contributed by atoms with Crippen LogP contribution in [0.3, 0.4) is 0 Å². The van der Waals surface area contributed by atoms with Gasteiger partial charge in [0.2, 0.25) is 0 Å². The van der Waals surface area contributed by atoms with E-state index in [0.717, 1.165) is 6.07 Å². The van der Waals surface area contributed by atoms with Gasteiger partial charge in [0.1, 0.15) is 0 Å². The van der Waals surface area contributed by atoms with Gasteiger partial charge in [0, 0.05) is 18.7 Å². The predicted molar refractivity (Wildman–Crippen MR) is 54.4 cm³/mol. The minimum Gasteiger partial charge on any atom is -0.382 e. The Labute approximate surface area is 88.0 Å². The summed E-state index contributed by atoms with van der Waals surface area (Å²) in [7, 11) is 1.55. The summed E-state index contributed by atoms with van der Waals surface area (Å²) in [6.07, 6.45) is 0.374. The van der Waals surface area contributed by atoms with Crippen LogP contribution in [0.2, 0.25) is 0 Å². The summed E-state index contributed by atoms with van der Waals surface area (Å²) in [6.45, 7) is 1.83. The van der Waals surface area contributed by atoms with Crippen molar-refractivity contribution in [2.24, 2.45) is 5.73 Å². The number of halogens is 2. The second-order valence-corrected chi connectivity index (χ2v) is 3.53. The quantitative estimate of drug-likeness (QED) is 0.837. The number of hydrogen-bond donors (Lipinski definition) is 1. The smallest absolute Gasteiger partial charge is 0.163 e. The molecule has 1 rings (SSSR count). The molecule has 84 valence electrons. The molecule has 1 aromatic carbocycles. The van der Waals surface area contributed by atoms with Crippen molar-refractivity contribution < 1.29 is 13.5 Å². The molecule has 0 amide bonds. The first-order valence-electron chi connectivity index (χ1n) is 4.78. The molecule has 0 spiro atoms. The number of nitrogens with two attached hydrogens (primary N) is 1. The van der Waals surface area contributed by atoms with E-state index in [0.29, 0.717) is 6.42 Å². The van der Waals surface area contributed by atoms with Crippen LogP contribution < -0.4 is 5.73 Å². The molecule has 0 radical (unpaired) electrons. The van der Waals surface area contributed by atoms with Gasteiger partial charge in [-0.3, -0.25) is 0 Å². The highest BCUT2D eigenvalue weighted by Crippen LogP contribution is 2.21. The van der Waals surface area contributed by atoms with Crippen LogP contribution in [0.4, 0.5) is 8.78 Å². The van der Waals surface area contributed by atoms with Crippen LogP contribution in [-0.4, -0.2) is 13.2 Å². The Balaban J connectivity index is 2.82. The lowest BCUT2D eigenvalue weighted by Gasteiger charge is -2.17. The van der Waals surface area contributed by atoms with E-state index in [-0.39, 0.29) is 11.7 Å². The van der Waals surface area contributed by atoms with E-state index in [9.17, 15) is 8.78 Å². The molecular formula is C11H15F2NO. The summed E-state index contributed by atoms with van der Waals surface area (Å²) in [5.41, 5.74) is 5.95. The lowest BCUT2D eigenvalue weighted by Crippen LogP contribution is -2.19. The maximum atomic E-state index is 13.3. The first kappa shape index (κ1) is 12.1. The fraction of sp³-hybridized carbons (Fsp3) is 0.455. The van der Waals surface area contributed by atoms with Gasteiger partial charge >= 0.3 is 0 Å². The zero-order chi connectivity index (χ0) is 11.4. The summed E-state index contributed by atoms with van der Waals surface area (Å²) < 4.78 is 31.2. The molecular weight excluding hydrogens is 200 g/mol. The van der Waals surface area contributed by atoms with Crippen molar-refractivity contribution >= 4 is 0 Å². The predicted octanol–water partition coefficient (Wildman–Crippen LogP) is 2.39. The molecule has 0 aliphatic heterocycles. The van der Waals surface area contributed by atoms with Gasteiger partial charge in [0.05, 0.1) is 6.10 Å². The fourth-order valence-electron chi connectivity index (χ4n) is 1.39. The minimum absolute atomic E-state index is 0.0809. The first-order chi connectivity index (χ1) is 7.06. The van der Waals surface area contributed by atoms with Crippen LogP contribution in [0.5, 0.6) is 0 Å². The van der Waals surface area contributed by atoms with Gasteiger partial charge in [-0.05, 0) is 19.4 Å². The van der Waals surface area contributed by atoms with Crippen molar-refractivity contribution in [3.63, 3.8) is 0 Å². The van der Waals surface area contributed by atoms with E-state index in [1.165, 1.54) is 12.1 Å². The Morgan fingerprint density at radius 2 is 2.07 bits per heavy atom. The van der Waals surface area contributed by atoms with Crippen LogP contribution in [0.25, 0.3) is 0 Å². The molecule has 0 saturated carbocycles. The standard InChI is InChI=1S/C11H15F2NO/c1-7(15-2)6-10(14)8-4-3-5-9(12)11(8)13/h3-5,7,10H,6,14H2,1-2H3. The summed E-state index contributed by atoms with van der Waals surface area (Å²) in [4.78, 5) is 0. The maximum absolute atomic E-state index is 13.3. The highest BCUT2D eigenvalue weighted by Gasteiger charge is 2.16. The Hall–Kier alpha value is -1.00. The highest BCUT2D eigenvalue weighted by atomic mass is 19.2. The molecule has 0 aliphatic carbocycles. The molecule has 0 heterocycles. The highest BCUT2D eigenvalue weighted by molar-refractivity contribution is 5.22. The van der Waals surface area contributed by atoms with Crippen LogP contribution in [0, 0.1) is 11.6 Å². The van der Waals surface area contributed by atoms with E-state index in [1.807, 2.05) is 6.92 Å². The van der Waals surface area contributed by atoms with E-state index in [4.69, 9.17) is 10.5 Å². The van der Waals surface area contributed by atoms with Crippen LogP contribution >= 0.6 is 0 Å². The number of rotatable bonds is 4. The van der Waals surface area contributed by atoms with Crippen LogP contribution in [0.15, 0.2) is 18.2 Å². The lowest BCUT2D eigenvalue weighted by molar-refractivity contribution is 0.104. The molecule has 2 nitrogen and oxygen atoms in total. The molecule has 2 N–H and O–H groups in total. The van der Waals surface area contributed by atoms with Gasteiger partial charge in [0.25, 0.3) is 0 Å². The van der Waals surface area contributed by atoms with Crippen molar-refractivity contribution in [1.82, 2.24) is 0 Å². The third-order valence-electron chi connectivity index (χ3n) is 2.37. The summed E-state index contributed by atoms with van der Waals surface area (Å²) in [5.74, 6) is -1.73. The second kappa shape index (κ2) is 5.19. The molecule has 1 aromatic rings. The first-order valence-corrected chi connectivity index (χ1v) is 4.78. The monoisotopic (exact) mass is 215 g/mol. The van der Waals surface area contributed by atoms with Gasteiger partial charge in [0.15, 0.2) is 11.6 Å². The minimum atomic E-state index is -0.868. The molecule has 2 unspecified atom stereocenters. The van der Waals surface area contributed by atoms with Crippen molar-refractivity contribution in [1.29, 1.82) is 0 Å². The molecule has 4 heteroatoms. The number of ether oxygens (including phenoxy) is 1. The molecule has 0 saturated heterocycles. The van der Waals surface area contributed by atoms with Crippen LogP contribution in [0.1, 0.15) is 24.9 Å². The lowest BCUT2D eigenvalue weighted by atomic mass is 10.0. The summed E-state index contributed by atoms with van der Waals surface area (Å²) >= 11 is 0. The number of methoxy groups -OCH3 is 1. The summed E-state index contributed by atoms with van der Waals surface area (Å²) in [6, 6.07) is 3.47. The van der Waals surface area contributed by atoms with E-state index < -0.39 is 17.7 Å². The number of hydrogen-bond acceptors (Lipinski definition) is 2. The Bertz CT molecular complexity index is 330. The largest absolute Gasteiger partial charge is 0.382 e. The van der Waals surface area contributed by atoms with Crippen molar-refractivity contribution in [3.8, 4) is 0 Å². The SMILES string of the molecule is COC(C)CC(N)c1cccc(F)c1F. The molecule has 0 aromatic heterocycles. The number of benzene rings is 1. The van der Waals surface area contributed by atoms with Gasteiger partial charge < -0.3 is 10.5 Å². The third kappa shape index (κ3) is 2.97. The van der Waals surface area contributed by atoms with Gasteiger partial charge in [-0.25, -0.2) is 8.78 Å². The summed E-state index contributed by atoms with van der Waals surface area (Å²) in [5, 5.41) is 0. The Morgan fingerprint density at radius 1 is 1.40 bits per heavy atom. The second-order valence-electron chi connectivity index (χ2n) is 3.53. The molecule has 0 aliphatic rings. The van der Waals surface area contributed by atoms with E-state index in [2.05, 4.69) is 0 Å². The van der Waals surface area contributed by atoms with E-state index in [1.54, 1.807) is 7.11 Å². The van der Waals surface area contributed by atoms with Gasteiger partial charge in [-0.15, -0.1) is 0 Å². The van der Waals surface area contributed by atoms with Crippen LogP contribution in [-0.2, 0) is 4.74 Å². The molecule has 0 bridgehead atoms. The van der Waals surface area contributed by atoms with Crippen molar-refractivity contribution in [2.75, 3.05) is 7.11 Å². The average Bonchev–Trinajstić information content (AvgIpc) is 2.21. The third-order valence-corrected chi connectivity index (χ3v) is 2.37. The Kier molecular flexibility index (Phi) is 4.17. The van der Waals surface area contributed by atoms with E-state index >= 15 is 0 Å². The fourth-order valence-corrected chi connectivity index (χ4v) is 1.39. The zero-order valence-electron chi connectivity index (χ0n) is 8.84. The molecule has 0 fully saturated rings. The topological polar surface area (TPSA) is 35.2 Å². The Morgan fingerprint density at radius 3 is 2.67 bits per heavy atom. The zero-order valence-corrected chi connectivity index (χ0v) is 8.84. The molecule has 2 atom stereocenters. The molecule has 15 heavy (non-hydrogen) atoms. The normalized spacial score (nSPS) is 15.0. The maximum Gasteiger partial charge on any atom is 0.163 e. The van der Waals surface area contributed by atoms with Gasteiger partial charge in [-0.1, -0.05) is 12.1 Å². The average molecular weight is 215 g/mol. The van der Waals surface area contributed by atoms with Crippen molar-refractivity contribution in [3.05, 3.63) is 35.4 Å².